The Morgan fingerprint density at radius 1 is 1.48 bits per heavy atom. The summed E-state index contributed by atoms with van der Waals surface area (Å²) in [5, 5.41) is 8.87. The minimum absolute atomic E-state index is 0.558. The molecule has 118 valence electrons. The molecular formula is C15H26N4S2. The standard InChI is InChI=1S/C15H26N4S2/c1-4-12-9-17-14(21-12)10-18-15(16-3)19-11-6-7-13(8-11)20-5-2/h9,11,13H,4-8,10H2,1-3H3,(H2,16,18,19). The van der Waals surface area contributed by atoms with Crippen LogP contribution in [0.4, 0.5) is 0 Å². The molecule has 0 aliphatic heterocycles. The minimum atomic E-state index is 0.558. The van der Waals surface area contributed by atoms with Gasteiger partial charge in [0.15, 0.2) is 5.96 Å². The zero-order valence-corrected chi connectivity index (χ0v) is 14.8. The van der Waals surface area contributed by atoms with Gasteiger partial charge >= 0.3 is 0 Å². The molecule has 1 aromatic rings. The number of thiazole rings is 1. The first-order valence-corrected chi connectivity index (χ1v) is 9.64. The fourth-order valence-corrected chi connectivity index (χ4v) is 4.54. The summed E-state index contributed by atoms with van der Waals surface area (Å²) in [6, 6.07) is 0.558. The monoisotopic (exact) mass is 326 g/mol. The maximum atomic E-state index is 4.43. The third-order valence-electron chi connectivity index (χ3n) is 3.71. The van der Waals surface area contributed by atoms with E-state index in [-0.39, 0.29) is 0 Å². The van der Waals surface area contributed by atoms with Gasteiger partial charge in [-0.3, -0.25) is 4.99 Å². The summed E-state index contributed by atoms with van der Waals surface area (Å²) in [5.41, 5.74) is 0. The van der Waals surface area contributed by atoms with Crippen molar-refractivity contribution in [2.24, 2.45) is 4.99 Å². The van der Waals surface area contributed by atoms with E-state index in [2.05, 4.69) is 46.2 Å². The first-order chi connectivity index (χ1) is 10.2. The Kier molecular flexibility index (Phi) is 6.83. The smallest absolute Gasteiger partial charge is 0.191 e. The number of guanidine groups is 1. The van der Waals surface area contributed by atoms with Crippen molar-refractivity contribution in [3.63, 3.8) is 0 Å². The van der Waals surface area contributed by atoms with Crippen molar-refractivity contribution in [2.45, 2.75) is 57.4 Å². The van der Waals surface area contributed by atoms with Gasteiger partial charge in [-0.05, 0) is 31.4 Å². The van der Waals surface area contributed by atoms with Gasteiger partial charge in [0, 0.05) is 29.4 Å². The molecule has 0 aromatic carbocycles. The van der Waals surface area contributed by atoms with E-state index in [4.69, 9.17) is 0 Å². The number of aryl methyl sites for hydroxylation is 1. The van der Waals surface area contributed by atoms with Crippen LogP contribution in [0.3, 0.4) is 0 Å². The number of aliphatic imine (C=N–C) groups is 1. The Morgan fingerprint density at radius 2 is 2.33 bits per heavy atom. The molecule has 1 aliphatic carbocycles. The molecule has 1 aliphatic rings. The Balaban J connectivity index is 1.76. The van der Waals surface area contributed by atoms with Gasteiger partial charge < -0.3 is 10.6 Å². The lowest BCUT2D eigenvalue weighted by Crippen LogP contribution is -2.42. The summed E-state index contributed by atoms with van der Waals surface area (Å²) in [4.78, 5) is 10.1. The number of rotatable bonds is 6. The molecule has 6 heteroatoms. The van der Waals surface area contributed by atoms with Gasteiger partial charge in [0.2, 0.25) is 0 Å². The van der Waals surface area contributed by atoms with Crippen molar-refractivity contribution >= 4 is 29.1 Å². The Morgan fingerprint density at radius 3 is 3.00 bits per heavy atom. The van der Waals surface area contributed by atoms with Crippen molar-refractivity contribution in [3.05, 3.63) is 16.1 Å². The zero-order chi connectivity index (χ0) is 15.1. The third kappa shape index (κ3) is 5.18. The van der Waals surface area contributed by atoms with Gasteiger partial charge in [0.05, 0.1) is 6.54 Å². The van der Waals surface area contributed by atoms with E-state index in [9.17, 15) is 0 Å². The van der Waals surface area contributed by atoms with Crippen LogP contribution in [-0.4, -0.2) is 35.0 Å². The fourth-order valence-electron chi connectivity index (χ4n) is 2.60. The van der Waals surface area contributed by atoms with Crippen LogP contribution in [0.2, 0.25) is 0 Å². The predicted octanol–water partition coefficient (Wildman–Crippen LogP) is 3.04. The van der Waals surface area contributed by atoms with Crippen molar-refractivity contribution in [3.8, 4) is 0 Å². The number of nitrogens with one attached hydrogen (secondary N) is 2. The molecule has 1 heterocycles. The molecule has 2 atom stereocenters. The average molecular weight is 327 g/mol. The zero-order valence-electron chi connectivity index (χ0n) is 13.2. The maximum absolute atomic E-state index is 4.43. The summed E-state index contributed by atoms with van der Waals surface area (Å²) < 4.78 is 0. The van der Waals surface area contributed by atoms with Gasteiger partial charge in [-0.1, -0.05) is 13.8 Å². The highest BCUT2D eigenvalue weighted by Crippen LogP contribution is 2.29. The molecule has 0 bridgehead atoms. The van der Waals surface area contributed by atoms with E-state index in [0.717, 1.165) is 29.2 Å². The quantitative estimate of drug-likeness (QED) is 0.623. The first kappa shape index (κ1) is 16.6. The maximum Gasteiger partial charge on any atom is 0.191 e. The van der Waals surface area contributed by atoms with E-state index in [1.165, 1.54) is 29.9 Å². The van der Waals surface area contributed by atoms with E-state index in [0.29, 0.717) is 6.04 Å². The van der Waals surface area contributed by atoms with Gasteiger partial charge in [-0.25, -0.2) is 4.98 Å². The predicted molar refractivity (Wildman–Crippen MR) is 94.4 cm³/mol. The van der Waals surface area contributed by atoms with E-state index < -0.39 is 0 Å². The second kappa shape index (κ2) is 8.63. The first-order valence-electron chi connectivity index (χ1n) is 7.77. The highest BCUT2D eigenvalue weighted by Gasteiger charge is 2.25. The third-order valence-corrected chi connectivity index (χ3v) is 6.08. The van der Waals surface area contributed by atoms with Crippen LogP contribution in [0.15, 0.2) is 11.2 Å². The van der Waals surface area contributed by atoms with Crippen LogP contribution >= 0.6 is 23.1 Å². The molecule has 2 rings (SSSR count). The number of hydrogen-bond acceptors (Lipinski definition) is 4. The van der Waals surface area contributed by atoms with E-state index in [1.54, 1.807) is 11.3 Å². The second-order valence-electron chi connectivity index (χ2n) is 5.23. The van der Waals surface area contributed by atoms with Crippen molar-refractivity contribution in [1.29, 1.82) is 0 Å². The lowest BCUT2D eigenvalue weighted by Gasteiger charge is -2.17. The normalized spacial score (nSPS) is 22.5. The minimum Gasteiger partial charge on any atom is -0.354 e. The lowest BCUT2D eigenvalue weighted by molar-refractivity contribution is 0.614. The second-order valence-corrected chi connectivity index (χ2v) is 8.01. The van der Waals surface area contributed by atoms with Crippen LogP contribution in [0, 0.1) is 0 Å². The summed E-state index contributed by atoms with van der Waals surface area (Å²) in [5.74, 6) is 2.11. The number of aromatic nitrogens is 1. The molecule has 2 unspecified atom stereocenters. The fraction of sp³-hybridized carbons (Fsp3) is 0.733. The summed E-state index contributed by atoms with van der Waals surface area (Å²) in [6.45, 7) is 5.16. The van der Waals surface area contributed by atoms with E-state index >= 15 is 0 Å². The Labute approximate surface area is 136 Å². The van der Waals surface area contributed by atoms with Gasteiger partial charge in [0.1, 0.15) is 5.01 Å². The highest BCUT2D eigenvalue weighted by atomic mass is 32.2. The molecule has 1 fully saturated rings. The highest BCUT2D eigenvalue weighted by molar-refractivity contribution is 7.99. The van der Waals surface area contributed by atoms with Gasteiger partial charge in [-0.15, -0.1) is 11.3 Å². The molecule has 1 saturated carbocycles. The Hall–Kier alpha value is -0.750. The number of hydrogen-bond donors (Lipinski definition) is 2. The van der Waals surface area contributed by atoms with Crippen LogP contribution < -0.4 is 10.6 Å². The molecule has 21 heavy (non-hydrogen) atoms. The number of nitrogens with zero attached hydrogens (tertiary/aromatic N) is 2. The molecule has 0 saturated heterocycles. The molecule has 2 N–H and O–H groups in total. The van der Waals surface area contributed by atoms with Crippen LogP contribution in [-0.2, 0) is 13.0 Å². The topological polar surface area (TPSA) is 49.3 Å². The molecule has 4 nitrogen and oxygen atoms in total. The molecule has 0 radical (unpaired) electrons. The largest absolute Gasteiger partial charge is 0.354 e. The van der Waals surface area contributed by atoms with Gasteiger partial charge in [0.25, 0.3) is 0 Å². The summed E-state index contributed by atoms with van der Waals surface area (Å²) in [7, 11) is 1.84. The van der Waals surface area contributed by atoms with Crippen LogP contribution in [0.5, 0.6) is 0 Å². The number of thioether (sulfide) groups is 1. The van der Waals surface area contributed by atoms with Crippen molar-refractivity contribution in [2.75, 3.05) is 12.8 Å². The Bertz CT molecular complexity index is 458. The van der Waals surface area contributed by atoms with E-state index in [1.807, 2.05) is 13.2 Å². The molecule has 1 aromatic heterocycles. The summed E-state index contributed by atoms with van der Waals surface area (Å²) in [6.07, 6.45) is 6.84. The molecule has 0 spiro atoms. The summed E-state index contributed by atoms with van der Waals surface area (Å²) >= 11 is 3.86. The average Bonchev–Trinajstić information content (AvgIpc) is 3.13. The van der Waals surface area contributed by atoms with Crippen LogP contribution in [0.25, 0.3) is 0 Å². The van der Waals surface area contributed by atoms with Gasteiger partial charge in [-0.2, -0.15) is 11.8 Å². The molecule has 0 amide bonds. The lowest BCUT2D eigenvalue weighted by atomic mass is 10.2. The SMILES string of the molecule is CCSC1CCC(NC(=NC)NCc2ncc(CC)s2)C1. The van der Waals surface area contributed by atoms with Crippen molar-refractivity contribution < 1.29 is 0 Å². The molecular weight excluding hydrogens is 300 g/mol. The van der Waals surface area contributed by atoms with Crippen molar-refractivity contribution in [1.82, 2.24) is 15.6 Å². The van der Waals surface area contributed by atoms with Crippen LogP contribution in [0.1, 0.15) is 43.0 Å².